The van der Waals surface area contributed by atoms with Gasteiger partial charge in [0.25, 0.3) is 11.8 Å². The van der Waals surface area contributed by atoms with Crippen molar-refractivity contribution >= 4 is 28.5 Å². The van der Waals surface area contributed by atoms with Gasteiger partial charge < -0.3 is 19.9 Å². The Bertz CT molecular complexity index is 1030. The normalized spacial score (nSPS) is 17.1. The van der Waals surface area contributed by atoms with Crippen molar-refractivity contribution in [2.45, 2.75) is 18.8 Å². The molecular weight excluding hydrogens is 356 g/mol. The Morgan fingerprint density at radius 1 is 1.14 bits per heavy atom. The predicted molar refractivity (Wildman–Crippen MR) is 105 cm³/mol. The summed E-state index contributed by atoms with van der Waals surface area (Å²) < 4.78 is 5.42. The number of carbonyl (C=O) groups is 2. The van der Waals surface area contributed by atoms with Crippen LogP contribution in [0.2, 0.25) is 0 Å². The number of benzene rings is 2. The largest absolute Gasteiger partial charge is 0.482 e. The first kappa shape index (κ1) is 16.8. The summed E-state index contributed by atoms with van der Waals surface area (Å²) in [5, 5.41) is 2.74. The number of ether oxygens (including phenoxy) is 1. The molecule has 3 heterocycles. The van der Waals surface area contributed by atoms with Crippen molar-refractivity contribution in [2.24, 2.45) is 0 Å². The first-order valence-corrected chi connectivity index (χ1v) is 9.48. The van der Waals surface area contributed by atoms with Gasteiger partial charge in [-0.15, -0.1) is 0 Å². The number of nitrogens with one attached hydrogen (secondary N) is 2. The number of fused-ring (bicyclic) bond motifs is 2. The van der Waals surface area contributed by atoms with Gasteiger partial charge in [-0.3, -0.25) is 9.59 Å². The van der Waals surface area contributed by atoms with E-state index in [4.69, 9.17) is 9.72 Å². The zero-order valence-electron chi connectivity index (χ0n) is 15.3. The molecule has 1 aromatic heterocycles. The summed E-state index contributed by atoms with van der Waals surface area (Å²) in [6.07, 6.45) is 1.76. The Morgan fingerprint density at radius 3 is 2.79 bits per heavy atom. The zero-order valence-corrected chi connectivity index (χ0v) is 15.3. The van der Waals surface area contributed by atoms with Crippen LogP contribution in [0.15, 0.2) is 42.5 Å². The summed E-state index contributed by atoms with van der Waals surface area (Å²) in [6, 6.07) is 13.2. The summed E-state index contributed by atoms with van der Waals surface area (Å²) >= 11 is 0. The highest BCUT2D eigenvalue weighted by molar-refractivity contribution is 5.99. The third kappa shape index (κ3) is 2.98. The van der Waals surface area contributed by atoms with Crippen LogP contribution in [-0.2, 0) is 4.79 Å². The molecule has 5 rings (SSSR count). The molecular formula is C21H20N4O3. The molecule has 2 aliphatic heterocycles. The molecule has 2 amide bonds. The molecule has 0 spiro atoms. The number of hydrogen-bond acceptors (Lipinski definition) is 4. The maximum Gasteiger partial charge on any atom is 0.262 e. The van der Waals surface area contributed by atoms with Crippen LogP contribution in [0.4, 0.5) is 5.69 Å². The van der Waals surface area contributed by atoms with Crippen LogP contribution in [0, 0.1) is 0 Å². The summed E-state index contributed by atoms with van der Waals surface area (Å²) in [5.41, 5.74) is 3.22. The summed E-state index contributed by atoms with van der Waals surface area (Å²) in [4.78, 5) is 34.3. The minimum absolute atomic E-state index is 0.00800. The number of imidazole rings is 1. The number of hydrogen-bond donors (Lipinski definition) is 2. The van der Waals surface area contributed by atoms with Crippen molar-refractivity contribution in [3.05, 3.63) is 53.9 Å². The van der Waals surface area contributed by atoms with E-state index in [-0.39, 0.29) is 18.4 Å². The van der Waals surface area contributed by atoms with E-state index in [9.17, 15) is 9.59 Å². The van der Waals surface area contributed by atoms with Crippen LogP contribution in [0.25, 0.3) is 11.0 Å². The monoisotopic (exact) mass is 376 g/mol. The third-order valence-electron chi connectivity index (χ3n) is 5.44. The van der Waals surface area contributed by atoms with Gasteiger partial charge in [-0.2, -0.15) is 0 Å². The molecule has 3 aromatic rings. The minimum Gasteiger partial charge on any atom is -0.482 e. The van der Waals surface area contributed by atoms with Crippen LogP contribution in [0.5, 0.6) is 5.75 Å². The number of aromatic amines is 1. The molecule has 0 aliphatic carbocycles. The molecule has 0 unspecified atom stereocenters. The van der Waals surface area contributed by atoms with Crippen molar-refractivity contribution in [1.82, 2.24) is 14.9 Å². The predicted octanol–water partition coefficient (Wildman–Crippen LogP) is 2.91. The van der Waals surface area contributed by atoms with Gasteiger partial charge in [0.15, 0.2) is 6.61 Å². The third-order valence-corrected chi connectivity index (χ3v) is 5.44. The van der Waals surface area contributed by atoms with E-state index < -0.39 is 0 Å². The number of piperidine rings is 1. The first-order chi connectivity index (χ1) is 13.7. The SMILES string of the molecule is O=C1COc2cc(C(=O)N3CCC(c4nc5ccccc5[nH]4)CC3)ccc2N1. The Kier molecular flexibility index (Phi) is 4.00. The van der Waals surface area contributed by atoms with Crippen LogP contribution < -0.4 is 10.1 Å². The van der Waals surface area contributed by atoms with Crippen molar-refractivity contribution in [3.8, 4) is 5.75 Å². The number of amides is 2. The highest BCUT2D eigenvalue weighted by Gasteiger charge is 2.27. The van der Waals surface area contributed by atoms with Gasteiger partial charge in [-0.25, -0.2) is 4.98 Å². The second-order valence-corrected chi connectivity index (χ2v) is 7.25. The number of aromatic nitrogens is 2. The van der Waals surface area contributed by atoms with E-state index >= 15 is 0 Å². The van der Waals surface area contributed by atoms with E-state index in [2.05, 4.69) is 10.3 Å². The quantitative estimate of drug-likeness (QED) is 0.720. The Balaban J connectivity index is 1.27. The van der Waals surface area contributed by atoms with Gasteiger partial charge in [-0.05, 0) is 43.2 Å². The molecule has 2 N–H and O–H groups in total. The number of rotatable bonds is 2. The van der Waals surface area contributed by atoms with Gasteiger partial charge >= 0.3 is 0 Å². The fraction of sp³-hybridized carbons (Fsp3) is 0.286. The van der Waals surface area contributed by atoms with Gasteiger partial charge in [0, 0.05) is 24.6 Å². The number of anilines is 1. The lowest BCUT2D eigenvalue weighted by atomic mass is 9.95. The van der Waals surface area contributed by atoms with Crippen molar-refractivity contribution in [1.29, 1.82) is 0 Å². The average molecular weight is 376 g/mol. The lowest BCUT2D eigenvalue weighted by Gasteiger charge is -2.31. The topological polar surface area (TPSA) is 87.3 Å². The molecule has 1 saturated heterocycles. The summed E-state index contributed by atoms with van der Waals surface area (Å²) in [7, 11) is 0. The van der Waals surface area contributed by atoms with Crippen molar-refractivity contribution < 1.29 is 14.3 Å². The first-order valence-electron chi connectivity index (χ1n) is 9.48. The smallest absolute Gasteiger partial charge is 0.262 e. The maximum atomic E-state index is 12.9. The number of likely N-dealkylation sites (tertiary alicyclic amines) is 1. The Hall–Kier alpha value is -3.35. The molecule has 2 aromatic carbocycles. The lowest BCUT2D eigenvalue weighted by Crippen LogP contribution is -2.38. The van der Waals surface area contributed by atoms with Crippen LogP contribution in [-0.4, -0.2) is 46.4 Å². The lowest BCUT2D eigenvalue weighted by molar-refractivity contribution is -0.118. The highest BCUT2D eigenvalue weighted by Crippen LogP contribution is 2.31. The van der Waals surface area contributed by atoms with E-state index in [1.54, 1.807) is 18.2 Å². The van der Waals surface area contributed by atoms with Crippen LogP contribution >= 0.6 is 0 Å². The van der Waals surface area contributed by atoms with E-state index in [0.717, 1.165) is 29.7 Å². The Morgan fingerprint density at radius 2 is 1.96 bits per heavy atom. The minimum atomic E-state index is -0.181. The highest BCUT2D eigenvalue weighted by atomic mass is 16.5. The van der Waals surface area contributed by atoms with Crippen LogP contribution in [0.3, 0.4) is 0 Å². The van der Waals surface area contributed by atoms with Gasteiger partial charge in [0.2, 0.25) is 0 Å². The second-order valence-electron chi connectivity index (χ2n) is 7.25. The molecule has 0 radical (unpaired) electrons. The molecule has 7 heteroatoms. The molecule has 1 fully saturated rings. The van der Waals surface area contributed by atoms with Gasteiger partial charge in [0.05, 0.1) is 16.7 Å². The summed E-state index contributed by atoms with van der Waals surface area (Å²) in [5.74, 6) is 1.69. The molecule has 7 nitrogen and oxygen atoms in total. The standard InChI is InChI=1S/C21H20N4O3/c26-19-12-28-18-11-14(5-6-17(18)22-19)21(27)25-9-7-13(8-10-25)20-23-15-3-1-2-4-16(15)24-20/h1-6,11,13H,7-10,12H2,(H,22,26)(H,23,24). The number of para-hydroxylation sites is 2. The van der Waals surface area contributed by atoms with E-state index in [0.29, 0.717) is 36.0 Å². The maximum absolute atomic E-state index is 12.9. The molecule has 142 valence electrons. The number of carbonyl (C=O) groups excluding carboxylic acids is 2. The van der Waals surface area contributed by atoms with Crippen molar-refractivity contribution in [3.63, 3.8) is 0 Å². The Labute approximate surface area is 161 Å². The number of nitrogens with zero attached hydrogens (tertiary/aromatic N) is 2. The summed E-state index contributed by atoms with van der Waals surface area (Å²) in [6.45, 7) is 1.36. The fourth-order valence-corrected chi connectivity index (χ4v) is 3.91. The molecule has 0 atom stereocenters. The van der Waals surface area contributed by atoms with E-state index in [1.165, 1.54) is 0 Å². The zero-order chi connectivity index (χ0) is 19.1. The van der Waals surface area contributed by atoms with E-state index in [1.807, 2.05) is 29.2 Å². The van der Waals surface area contributed by atoms with Crippen molar-refractivity contribution in [2.75, 3.05) is 25.0 Å². The van der Waals surface area contributed by atoms with Gasteiger partial charge in [0.1, 0.15) is 11.6 Å². The number of H-pyrrole nitrogens is 1. The van der Waals surface area contributed by atoms with Gasteiger partial charge in [-0.1, -0.05) is 12.1 Å². The molecule has 0 saturated carbocycles. The molecule has 28 heavy (non-hydrogen) atoms. The molecule has 0 bridgehead atoms. The second kappa shape index (κ2) is 6.67. The van der Waals surface area contributed by atoms with Crippen LogP contribution in [0.1, 0.15) is 34.9 Å². The average Bonchev–Trinajstić information content (AvgIpc) is 3.17. The molecule has 2 aliphatic rings. The fourth-order valence-electron chi connectivity index (χ4n) is 3.91.